The van der Waals surface area contributed by atoms with Crippen molar-refractivity contribution in [1.82, 2.24) is 9.80 Å². The van der Waals surface area contributed by atoms with E-state index in [1.54, 1.807) is 20.8 Å². The van der Waals surface area contributed by atoms with Crippen LogP contribution in [-0.4, -0.2) is 52.4 Å². The second-order valence-electron chi connectivity index (χ2n) is 6.39. The van der Waals surface area contributed by atoms with Gasteiger partial charge in [0.25, 0.3) is 5.91 Å². The summed E-state index contributed by atoms with van der Waals surface area (Å²) in [6.45, 7) is 13.0. The fourth-order valence-electron chi connectivity index (χ4n) is 2.25. The van der Waals surface area contributed by atoms with Crippen molar-refractivity contribution in [3.63, 3.8) is 0 Å². The Morgan fingerprint density at radius 3 is 2.29 bits per heavy atom. The molecule has 0 aromatic carbocycles. The summed E-state index contributed by atoms with van der Waals surface area (Å²) in [7, 11) is 0. The van der Waals surface area contributed by atoms with Crippen LogP contribution in [0.2, 0.25) is 0 Å². The largest absolute Gasteiger partial charge is 0.458 e. The fraction of sp³-hybridized carbons (Fsp3) is 0.667. The van der Waals surface area contributed by atoms with Crippen LogP contribution in [0, 0.1) is 5.92 Å². The van der Waals surface area contributed by atoms with E-state index in [0.717, 1.165) is 11.0 Å². The lowest BCUT2D eigenvalue weighted by Crippen LogP contribution is -2.49. The van der Waals surface area contributed by atoms with Crippen molar-refractivity contribution in [3.05, 3.63) is 12.7 Å². The zero-order chi connectivity index (χ0) is 16.4. The molecule has 1 aliphatic heterocycles. The van der Waals surface area contributed by atoms with E-state index >= 15 is 0 Å². The van der Waals surface area contributed by atoms with Crippen LogP contribution >= 0.6 is 0 Å². The van der Waals surface area contributed by atoms with E-state index in [9.17, 15) is 14.4 Å². The van der Waals surface area contributed by atoms with E-state index in [-0.39, 0.29) is 12.5 Å². The van der Waals surface area contributed by atoms with Crippen molar-refractivity contribution < 1.29 is 19.1 Å². The molecule has 0 spiro atoms. The van der Waals surface area contributed by atoms with E-state index in [1.807, 2.05) is 13.8 Å². The number of carbonyl (C=O) groups excluding carboxylic acids is 3. The van der Waals surface area contributed by atoms with Gasteiger partial charge in [0.1, 0.15) is 11.6 Å². The van der Waals surface area contributed by atoms with Crippen molar-refractivity contribution >= 4 is 17.9 Å². The van der Waals surface area contributed by atoms with Crippen LogP contribution in [0.3, 0.4) is 0 Å². The minimum Gasteiger partial charge on any atom is -0.458 e. The van der Waals surface area contributed by atoms with Gasteiger partial charge in [-0.05, 0) is 32.8 Å². The van der Waals surface area contributed by atoms with Gasteiger partial charge in [-0.2, -0.15) is 0 Å². The smallest absolute Gasteiger partial charge is 0.329 e. The molecule has 1 aliphatic rings. The first-order valence-electron chi connectivity index (χ1n) is 7.06. The Hall–Kier alpha value is -1.85. The number of urea groups is 1. The Morgan fingerprint density at radius 1 is 1.29 bits per heavy atom. The predicted octanol–water partition coefficient (Wildman–Crippen LogP) is 1.80. The molecule has 0 N–H and O–H groups in total. The highest BCUT2D eigenvalue weighted by atomic mass is 16.6. The lowest BCUT2D eigenvalue weighted by molar-refractivity contribution is -0.161. The second-order valence-corrected chi connectivity index (χ2v) is 6.39. The molecule has 0 unspecified atom stereocenters. The third kappa shape index (κ3) is 4.06. The molecule has 1 fully saturated rings. The number of esters is 1. The van der Waals surface area contributed by atoms with Crippen LogP contribution < -0.4 is 0 Å². The minimum atomic E-state index is -0.695. The number of amides is 3. The third-order valence-corrected chi connectivity index (χ3v) is 3.10. The lowest BCUT2D eigenvalue weighted by atomic mass is 10.0. The Kier molecular flexibility index (Phi) is 5.15. The SMILES string of the molecule is C=CC(=O)N1CCN([C@H](C(=O)OC(C)(C)C)C(C)C)C1=O. The summed E-state index contributed by atoms with van der Waals surface area (Å²) in [5, 5.41) is 0. The van der Waals surface area contributed by atoms with E-state index in [1.165, 1.54) is 4.90 Å². The number of nitrogens with zero attached hydrogens (tertiary/aromatic N) is 2. The van der Waals surface area contributed by atoms with E-state index in [4.69, 9.17) is 4.74 Å². The predicted molar refractivity (Wildman–Crippen MR) is 78.5 cm³/mol. The average Bonchev–Trinajstić information content (AvgIpc) is 2.68. The van der Waals surface area contributed by atoms with Crippen LogP contribution in [0.15, 0.2) is 12.7 Å². The minimum absolute atomic E-state index is 0.109. The molecule has 0 aliphatic carbocycles. The van der Waals surface area contributed by atoms with Crippen molar-refractivity contribution in [3.8, 4) is 0 Å². The van der Waals surface area contributed by atoms with Gasteiger partial charge in [-0.3, -0.25) is 9.69 Å². The molecular weight excluding hydrogens is 272 g/mol. The number of hydrogen-bond acceptors (Lipinski definition) is 4. The molecule has 0 saturated carbocycles. The maximum atomic E-state index is 12.3. The Balaban J connectivity index is 2.93. The monoisotopic (exact) mass is 296 g/mol. The molecule has 6 nitrogen and oxygen atoms in total. The zero-order valence-corrected chi connectivity index (χ0v) is 13.4. The highest BCUT2D eigenvalue weighted by molar-refractivity contribution is 6.02. The van der Waals surface area contributed by atoms with Crippen LogP contribution in [0.25, 0.3) is 0 Å². The third-order valence-electron chi connectivity index (χ3n) is 3.10. The first kappa shape index (κ1) is 17.2. The molecule has 1 saturated heterocycles. The second kappa shape index (κ2) is 6.28. The summed E-state index contributed by atoms with van der Waals surface area (Å²) in [6, 6.07) is -1.16. The quantitative estimate of drug-likeness (QED) is 0.586. The number of rotatable bonds is 4. The lowest BCUT2D eigenvalue weighted by Gasteiger charge is -2.31. The molecular formula is C15H24N2O4. The molecule has 3 amide bonds. The topological polar surface area (TPSA) is 66.9 Å². The standard InChI is InChI=1S/C15H24N2O4/c1-7-11(18)16-8-9-17(14(16)20)12(10(2)3)13(19)21-15(4,5)6/h7,10,12H,1,8-9H2,2-6H3/t12-/m0/s1. The number of ether oxygens (including phenoxy) is 1. The number of hydrogen-bond donors (Lipinski definition) is 0. The highest BCUT2D eigenvalue weighted by Crippen LogP contribution is 2.21. The van der Waals surface area contributed by atoms with Crippen molar-refractivity contribution in [2.45, 2.75) is 46.3 Å². The van der Waals surface area contributed by atoms with E-state index in [2.05, 4.69) is 6.58 Å². The summed E-state index contributed by atoms with van der Waals surface area (Å²) >= 11 is 0. The highest BCUT2D eigenvalue weighted by Gasteiger charge is 2.42. The van der Waals surface area contributed by atoms with Gasteiger partial charge >= 0.3 is 12.0 Å². The van der Waals surface area contributed by atoms with Crippen LogP contribution in [0.1, 0.15) is 34.6 Å². The Morgan fingerprint density at radius 2 is 1.86 bits per heavy atom. The van der Waals surface area contributed by atoms with Gasteiger partial charge in [-0.25, -0.2) is 9.59 Å². The maximum absolute atomic E-state index is 12.3. The molecule has 6 heteroatoms. The maximum Gasteiger partial charge on any atom is 0.329 e. The fourth-order valence-corrected chi connectivity index (χ4v) is 2.25. The van der Waals surface area contributed by atoms with Crippen molar-refractivity contribution in [2.24, 2.45) is 5.92 Å². The molecule has 1 rings (SSSR count). The molecule has 1 atom stereocenters. The molecule has 0 bridgehead atoms. The van der Waals surface area contributed by atoms with E-state index in [0.29, 0.717) is 6.54 Å². The van der Waals surface area contributed by atoms with Gasteiger partial charge in [0.05, 0.1) is 0 Å². The van der Waals surface area contributed by atoms with Crippen LogP contribution in [0.4, 0.5) is 4.79 Å². The molecule has 0 aromatic heterocycles. The summed E-state index contributed by atoms with van der Waals surface area (Å²) < 4.78 is 5.39. The normalized spacial score (nSPS) is 17.1. The van der Waals surface area contributed by atoms with Gasteiger partial charge in [-0.1, -0.05) is 20.4 Å². The van der Waals surface area contributed by atoms with E-state index < -0.39 is 29.6 Å². The van der Waals surface area contributed by atoms with Crippen LogP contribution in [0.5, 0.6) is 0 Å². The zero-order valence-electron chi connectivity index (χ0n) is 13.4. The number of imide groups is 1. The molecule has 21 heavy (non-hydrogen) atoms. The molecule has 0 aromatic rings. The Bertz CT molecular complexity index is 451. The summed E-state index contributed by atoms with van der Waals surface area (Å²) in [4.78, 5) is 38.7. The first-order valence-corrected chi connectivity index (χ1v) is 7.06. The van der Waals surface area contributed by atoms with Gasteiger partial charge in [0.15, 0.2) is 0 Å². The summed E-state index contributed by atoms with van der Waals surface area (Å²) in [6.07, 6.45) is 1.10. The Labute approximate surface area is 125 Å². The molecule has 0 radical (unpaired) electrons. The molecule has 1 heterocycles. The van der Waals surface area contributed by atoms with Crippen LogP contribution in [-0.2, 0) is 14.3 Å². The van der Waals surface area contributed by atoms with Crippen molar-refractivity contribution in [2.75, 3.05) is 13.1 Å². The van der Waals surface area contributed by atoms with Gasteiger partial charge in [0.2, 0.25) is 0 Å². The first-order chi connectivity index (χ1) is 9.58. The van der Waals surface area contributed by atoms with Crippen molar-refractivity contribution in [1.29, 1.82) is 0 Å². The van der Waals surface area contributed by atoms with Gasteiger partial charge in [0, 0.05) is 13.1 Å². The average molecular weight is 296 g/mol. The summed E-state index contributed by atoms with van der Waals surface area (Å²) in [5.41, 5.74) is -0.621. The van der Waals surface area contributed by atoms with Gasteiger partial charge < -0.3 is 9.64 Å². The number of carbonyl (C=O) groups is 3. The summed E-state index contributed by atoms with van der Waals surface area (Å²) in [5.74, 6) is -1.00. The molecule has 118 valence electrons. The van der Waals surface area contributed by atoms with Gasteiger partial charge in [-0.15, -0.1) is 0 Å².